The van der Waals surface area contributed by atoms with Crippen LogP contribution in [-0.4, -0.2) is 35.3 Å². The van der Waals surface area contributed by atoms with Crippen LogP contribution in [0.2, 0.25) is 0 Å². The van der Waals surface area contributed by atoms with E-state index in [1.807, 2.05) is 14.0 Å². The van der Waals surface area contributed by atoms with Gasteiger partial charge < -0.3 is 10.6 Å². The fraction of sp³-hybridized carbons (Fsp3) is 0.692. The van der Waals surface area contributed by atoms with Crippen molar-refractivity contribution in [2.45, 2.75) is 26.2 Å². The Morgan fingerprint density at radius 3 is 2.89 bits per heavy atom. The largest absolute Gasteiger partial charge is 0.352 e. The van der Waals surface area contributed by atoms with E-state index in [-0.39, 0.29) is 5.91 Å². The van der Waals surface area contributed by atoms with E-state index in [4.69, 9.17) is 0 Å². The highest BCUT2D eigenvalue weighted by Crippen LogP contribution is 2.15. The number of carbonyl (C=O) groups excluding carboxylic acids is 1. The molecule has 0 spiro atoms. The molecule has 1 aliphatic rings. The molecule has 0 radical (unpaired) electrons. The van der Waals surface area contributed by atoms with Crippen LogP contribution in [0, 0.1) is 12.8 Å². The monoisotopic (exact) mass is 250 g/mol. The summed E-state index contributed by atoms with van der Waals surface area (Å²) in [5, 5.41) is 10.5. The number of carbonyl (C=O) groups is 1. The van der Waals surface area contributed by atoms with E-state index < -0.39 is 0 Å². The van der Waals surface area contributed by atoms with Crippen LogP contribution in [0.1, 0.15) is 35.3 Å². The minimum Gasteiger partial charge on any atom is -0.352 e. The van der Waals surface area contributed by atoms with E-state index in [2.05, 4.69) is 15.7 Å². The molecule has 5 heteroatoms. The van der Waals surface area contributed by atoms with E-state index in [1.165, 1.54) is 12.8 Å². The number of hydrogen-bond acceptors (Lipinski definition) is 3. The second-order valence-electron chi connectivity index (χ2n) is 5.04. The van der Waals surface area contributed by atoms with Crippen LogP contribution in [0.15, 0.2) is 6.20 Å². The van der Waals surface area contributed by atoms with Crippen LogP contribution in [-0.2, 0) is 7.05 Å². The van der Waals surface area contributed by atoms with Gasteiger partial charge in [-0.05, 0) is 45.2 Å². The Hall–Kier alpha value is -1.36. The molecule has 0 bridgehead atoms. The zero-order chi connectivity index (χ0) is 13.0. The van der Waals surface area contributed by atoms with E-state index in [0.717, 1.165) is 37.7 Å². The lowest BCUT2D eigenvalue weighted by Gasteiger charge is -2.22. The third-order valence-electron chi connectivity index (χ3n) is 3.55. The summed E-state index contributed by atoms with van der Waals surface area (Å²) in [6.07, 6.45) is 5.30. The molecule has 1 saturated heterocycles. The topological polar surface area (TPSA) is 59.0 Å². The lowest BCUT2D eigenvalue weighted by atomic mass is 9.95. The fourth-order valence-corrected chi connectivity index (χ4v) is 2.48. The van der Waals surface area contributed by atoms with Crippen molar-refractivity contribution in [3.8, 4) is 0 Å². The van der Waals surface area contributed by atoms with Crippen molar-refractivity contribution in [1.29, 1.82) is 0 Å². The third-order valence-corrected chi connectivity index (χ3v) is 3.55. The Bertz CT molecular complexity index is 407. The van der Waals surface area contributed by atoms with Gasteiger partial charge in [0.1, 0.15) is 0 Å². The van der Waals surface area contributed by atoms with Crippen LogP contribution >= 0.6 is 0 Å². The molecule has 2 rings (SSSR count). The number of aryl methyl sites for hydroxylation is 2. The van der Waals surface area contributed by atoms with Gasteiger partial charge in [0.15, 0.2) is 0 Å². The summed E-state index contributed by atoms with van der Waals surface area (Å²) < 4.78 is 1.68. The molecule has 1 aromatic rings. The highest BCUT2D eigenvalue weighted by molar-refractivity contribution is 5.94. The predicted molar refractivity (Wildman–Crippen MR) is 70.5 cm³/mol. The minimum atomic E-state index is -0.00506. The quantitative estimate of drug-likeness (QED) is 0.833. The molecule has 1 aliphatic heterocycles. The molecular weight excluding hydrogens is 228 g/mol. The molecule has 2 heterocycles. The molecule has 0 saturated carbocycles. The van der Waals surface area contributed by atoms with Gasteiger partial charge in [0.25, 0.3) is 5.91 Å². The standard InChI is InChI=1S/C13H22N4O/c1-10-12(9-17(2)16-10)13(18)15-8-5-11-3-6-14-7-4-11/h9,11,14H,3-8H2,1-2H3,(H,15,18). The van der Waals surface area contributed by atoms with Crippen LogP contribution in [0.5, 0.6) is 0 Å². The summed E-state index contributed by atoms with van der Waals surface area (Å²) in [6.45, 7) is 4.85. The Labute approximate surface area is 108 Å². The van der Waals surface area contributed by atoms with Gasteiger partial charge in [-0.1, -0.05) is 0 Å². The van der Waals surface area contributed by atoms with Crippen LogP contribution < -0.4 is 10.6 Å². The lowest BCUT2D eigenvalue weighted by Crippen LogP contribution is -2.31. The number of nitrogens with one attached hydrogen (secondary N) is 2. The number of nitrogens with zero attached hydrogens (tertiary/aromatic N) is 2. The van der Waals surface area contributed by atoms with Crippen molar-refractivity contribution >= 4 is 5.91 Å². The highest BCUT2D eigenvalue weighted by Gasteiger charge is 2.15. The van der Waals surface area contributed by atoms with Gasteiger partial charge in [-0.2, -0.15) is 5.10 Å². The molecule has 0 unspecified atom stereocenters. The summed E-state index contributed by atoms with van der Waals surface area (Å²) >= 11 is 0. The van der Waals surface area contributed by atoms with Gasteiger partial charge in [-0.25, -0.2) is 0 Å². The van der Waals surface area contributed by atoms with E-state index in [1.54, 1.807) is 10.9 Å². The number of piperidine rings is 1. The molecule has 1 amide bonds. The SMILES string of the molecule is Cc1nn(C)cc1C(=O)NCCC1CCNCC1. The maximum atomic E-state index is 11.9. The molecule has 0 atom stereocenters. The number of rotatable bonds is 4. The number of amides is 1. The summed E-state index contributed by atoms with van der Waals surface area (Å²) in [4.78, 5) is 11.9. The van der Waals surface area contributed by atoms with Crippen molar-refractivity contribution < 1.29 is 4.79 Å². The smallest absolute Gasteiger partial charge is 0.254 e. The summed E-state index contributed by atoms with van der Waals surface area (Å²) in [6, 6.07) is 0. The van der Waals surface area contributed by atoms with Crippen molar-refractivity contribution in [2.24, 2.45) is 13.0 Å². The van der Waals surface area contributed by atoms with Gasteiger partial charge in [0, 0.05) is 19.8 Å². The minimum absolute atomic E-state index is 0.00506. The van der Waals surface area contributed by atoms with Gasteiger partial charge >= 0.3 is 0 Å². The maximum absolute atomic E-state index is 11.9. The second-order valence-corrected chi connectivity index (χ2v) is 5.04. The lowest BCUT2D eigenvalue weighted by molar-refractivity contribution is 0.0950. The molecule has 2 N–H and O–H groups in total. The van der Waals surface area contributed by atoms with Crippen molar-refractivity contribution in [2.75, 3.05) is 19.6 Å². The number of hydrogen-bond donors (Lipinski definition) is 2. The first-order chi connectivity index (χ1) is 8.66. The molecule has 0 aromatic carbocycles. The molecule has 1 aromatic heterocycles. The molecule has 18 heavy (non-hydrogen) atoms. The van der Waals surface area contributed by atoms with Crippen molar-refractivity contribution in [3.05, 3.63) is 17.5 Å². The Morgan fingerprint density at radius 2 is 2.28 bits per heavy atom. The normalized spacial score (nSPS) is 16.8. The molecule has 1 fully saturated rings. The van der Waals surface area contributed by atoms with Crippen LogP contribution in [0.4, 0.5) is 0 Å². The van der Waals surface area contributed by atoms with E-state index in [9.17, 15) is 4.79 Å². The third kappa shape index (κ3) is 3.32. The first-order valence-electron chi connectivity index (χ1n) is 6.66. The first-order valence-corrected chi connectivity index (χ1v) is 6.66. The summed E-state index contributed by atoms with van der Waals surface area (Å²) in [5.41, 5.74) is 1.47. The van der Waals surface area contributed by atoms with Crippen molar-refractivity contribution in [1.82, 2.24) is 20.4 Å². The zero-order valence-corrected chi connectivity index (χ0v) is 11.2. The Morgan fingerprint density at radius 1 is 1.56 bits per heavy atom. The summed E-state index contributed by atoms with van der Waals surface area (Å²) in [5.74, 6) is 0.746. The summed E-state index contributed by atoms with van der Waals surface area (Å²) in [7, 11) is 1.83. The number of aromatic nitrogens is 2. The van der Waals surface area contributed by atoms with E-state index >= 15 is 0 Å². The molecule has 5 nitrogen and oxygen atoms in total. The van der Waals surface area contributed by atoms with Crippen LogP contribution in [0.3, 0.4) is 0 Å². The highest BCUT2D eigenvalue weighted by atomic mass is 16.1. The van der Waals surface area contributed by atoms with Gasteiger partial charge in [0.2, 0.25) is 0 Å². The van der Waals surface area contributed by atoms with Crippen LogP contribution in [0.25, 0.3) is 0 Å². The van der Waals surface area contributed by atoms with Gasteiger partial charge in [0.05, 0.1) is 11.3 Å². The second kappa shape index (κ2) is 6.00. The Kier molecular flexibility index (Phi) is 4.36. The zero-order valence-electron chi connectivity index (χ0n) is 11.2. The average molecular weight is 250 g/mol. The average Bonchev–Trinajstić information content (AvgIpc) is 2.70. The molecule has 100 valence electrons. The molecule has 0 aliphatic carbocycles. The van der Waals surface area contributed by atoms with Crippen molar-refractivity contribution in [3.63, 3.8) is 0 Å². The maximum Gasteiger partial charge on any atom is 0.254 e. The molecular formula is C13H22N4O. The van der Waals surface area contributed by atoms with Gasteiger partial charge in [-0.15, -0.1) is 0 Å². The fourth-order valence-electron chi connectivity index (χ4n) is 2.48. The van der Waals surface area contributed by atoms with E-state index in [0.29, 0.717) is 5.56 Å². The Balaban J connectivity index is 1.76. The predicted octanol–water partition coefficient (Wildman–Crippen LogP) is 0.848. The van der Waals surface area contributed by atoms with Gasteiger partial charge in [-0.3, -0.25) is 9.48 Å². The first kappa shape index (κ1) is 13.1.